The maximum atomic E-state index is 14.0. The molecule has 0 radical (unpaired) electrons. The minimum Gasteiger partial charge on any atom is -0.449 e. The first-order valence-corrected chi connectivity index (χ1v) is 5.23. The second-order valence-electron chi connectivity index (χ2n) is 3.64. The molecular weight excluding hydrogens is 242 g/mol. The second-order valence-corrected chi connectivity index (χ2v) is 3.64. The van der Waals surface area contributed by atoms with E-state index in [0.29, 0.717) is 0 Å². The van der Waals surface area contributed by atoms with Gasteiger partial charge in [0, 0.05) is 29.6 Å². The number of rotatable bonds is 3. The Hall–Kier alpha value is -2.24. The van der Waals surface area contributed by atoms with E-state index in [2.05, 4.69) is 9.72 Å². The highest BCUT2D eigenvalue weighted by atomic mass is 19.1. The minimum absolute atomic E-state index is 0.0779. The number of fused-ring (bicyclic) bond motifs is 1. The van der Waals surface area contributed by atoms with Crippen LogP contribution in [0.1, 0.15) is 5.56 Å². The van der Waals surface area contributed by atoms with Gasteiger partial charge in [-0.1, -0.05) is 0 Å². The lowest BCUT2D eigenvalue weighted by Crippen LogP contribution is -2.15. The third-order valence-corrected chi connectivity index (χ3v) is 2.49. The average Bonchev–Trinajstić information content (AvgIpc) is 2.33. The first-order valence-electron chi connectivity index (χ1n) is 5.23. The lowest BCUT2D eigenvalue weighted by atomic mass is 10.1. The van der Waals surface area contributed by atoms with Gasteiger partial charge in [-0.05, 0) is 12.1 Å². The number of nitrogens with two attached hydrogens (primary N) is 1. The molecule has 2 rings (SSSR count). The molecule has 0 spiro atoms. The Balaban J connectivity index is 2.35. The van der Waals surface area contributed by atoms with E-state index >= 15 is 0 Å². The molecule has 18 heavy (non-hydrogen) atoms. The molecule has 0 atom stereocenters. The summed E-state index contributed by atoms with van der Waals surface area (Å²) in [4.78, 5) is 14.2. The van der Waals surface area contributed by atoms with Crippen LogP contribution in [-0.2, 0) is 11.2 Å². The van der Waals surface area contributed by atoms with Gasteiger partial charge in [0.1, 0.15) is 11.6 Å². The summed E-state index contributed by atoms with van der Waals surface area (Å²) < 4.78 is 32.1. The zero-order valence-corrected chi connectivity index (χ0v) is 9.32. The highest BCUT2D eigenvalue weighted by molar-refractivity contribution is 5.80. The summed E-state index contributed by atoms with van der Waals surface area (Å²) in [6.07, 6.45) is 0.404. The van der Waals surface area contributed by atoms with Gasteiger partial charge in [0.25, 0.3) is 0 Å². The summed E-state index contributed by atoms with van der Waals surface area (Å²) in [5.41, 5.74) is 4.87. The number of nitrogens with zero attached hydrogens (tertiary/aromatic N) is 1. The van der Waals surface area contributed by atoms with Crippen molar-refractivity contribution in [1.29, 1.82) is 0 Å². The Morgan fingerprint density at radius 3 is 2.94 bits per heavy atom. The summed E-state index contributed by atoms with van der Waals surface area (Å²) in [6.45, 7) is -0.172. The number of aromatic nitrogens is 1. The van der Waals surface area contributed by atoms with Crippen LogP contribution < -0.4 is 5.73 Å². The fourth-order valence-electron chi connectivity index (χ4n) is 1.68. The Labute approximate surface area is 101 Å². The van der Waals surface area contributed by atoms with Crippen LogP contribution in [0.2, 0.25) is 0 Å². The van der Waals surface area contributed by atoms with Crippen LogP contribution in [0.15, 0.2) is 24.4 Å². The van der Waals surface area contributed by atoms with E-state index in [9.17, 15) is 13.6 Å². The molecule has 1 aromatic carbocycles. The number of carbonyl (C=O) groups excluding carboxylic acids is 1. The fraction of sp³-hybridized carbons (Fsp3) is 0.167. The molecule has 0 aliphatic heterocycles. The minimum atomic E-state index is -0.974. The van der Waals surface area contributed by atoms with E-state index in [1.54, 1.807) is 6.07 Å². The fourth-order valence-corrected chi connectivity index (χ4v) is 1.68. The van der Waals surface area contributed by atoms with E-state index in [1.165, 1.54) is 12.3 Å². The van der Waals surface area contributed by atoms with Gasteiger partial charge in [-0.3, -0.25) is 4.98 Å². The van der Waals surface area contributed by atoms with Crippen molar-refractivity contribution in [1.82, 2.24) is 4.98 Å². The quantitative estimate of drug-likeness (QED) is 0.910. The Morgan fingerprint density at radius 1 is 1.44 bits per heavy atom. The molecule has 0 aliphatic carbocycles. The van der Waals surface area contributed by atoms with Gasteiger partial charge in [0.15, 0.2) is 0 Å². The predicted octanol–water partition coefficient (Wildman–Crippen LogP) is 2.15. The summed E-state index contributed by atoms with van der Waals surface area (Å²) in [5.74, 6) is -1.40. The lowest BCUT2D eigenvalue weighted by Gasteiger charge is -2.07. The van der Waals surface area contributed by atoms with Gasteiger partial charge in [0.05, 0.1) is 12.1 Å². The highest BCUT2D eigenvalue weighted by Gasteiger charge is 2.14. The van der Waals surface area contributed by atoms with E-state index in [-0.39, 0.29) is 29.5 Å². The molecule has 0 bridgehead atoms. The maximum absolute atomic E-state index is 14.0. The maximum Gasteiger partial charge on any atom is 0.404 e. The summed E-state index contributed by atoms with van der Waals surface area (Å²) in [7, 11) is 0. The summed E-state index contributed by atoms with van der Waals surface area (Å²) in [6, 6.07) is 4.22. The Bertz CT molecular complexity index is 602. The summed E-state index contributed by atoms with van der Waals surface area (Å²) in [5, 5.41) is 0.230. The zero-order chi connectivity index (χ0) is 13.1. The van der Waals surface area contributed by atoms with Crippen LogP contribution in [0.25, 0.3) is 10.9 Å². The van der Waals surface area contributed by atoms with Gasteiger partial charge in [-0.15, -0.1) is 0 Å². The molecule has 0 aliphatic rings. The van der Waals surface area contributed by atoms with Crippen LogP contribution in [0, 0.1) is 11.6 Å². The molecule has 1 heterocycles. The van der Waals surface area contributed by atoms with Gasteiger partial charge < -0.3 is 10.5 Å². The number of benzene rings is 1. The first kappa shape index (κ1) is 12.2. The van der Waals surface area contributed by atoms with Crippen molar-refractivity contribution < 1.29 is 18.3 Å². The molecule has 0 saturated heterocycles. The number of amides is 1. The molecule has 6 heteroatoms. The smallest absolute Gasteiger partial charge is 0.404 e. The van der Waals surface area contributed by atoms with Crippen molar-refractivity contribution in [3.63, 3.8) is 0 Å². The standard InChI is InChI=1S/C12H10F2N2O2/c13-9-6-10-8(2-1-4-16-10)11(14)7(9)3-5-18-12(15)17/h1-2,4,6H,3,5H2,(H2,15,17). The van der Waals surface area contributed by atoms with Crippen molar-refractivity contribution in [2.45, 2.75) is 6.42 Å². The van der Waals surface area contributed by atoms with E-state index in [1.807, 2.05) is 0 Å². The van der Waals surface area contributed by atoms with Crippen molar-refractivity contribution in [3.05, 3.63) is 41.6 Å². The molecule has 2 aromatic rings. The van der Waals surface area contributed by atoms with Crippen LogP contribution in [0.3, 0.4) is 0 Å². The SMILES string of the molecule is NC(=O)OCCc1c(F)cc2ncccc2c1F. The number of hydrogen-bond donors (Lipinski definition) is 1. The predicted molar refractivity (Wildman–Crippen MR) is 60.9 cm³/mol. The van der Waals surface area contributed by atoms with Crippen LogP contribution >= 0.6 is 0 Å². The van der Waals surface area contributed by atoms with Crippen molar-refractivity contribution >= 4 is 17.0 Å². The van der Waals surface area contributed by atoms with Gasteiger partial charge in [-0.25, -0.2) is 13.6 Å². The topological polar surface area (TPSA) is 65.2 Å². The molecule has 0 saturated carbocycles. The van der Waals surface area contributed by atoms with Gasteiger partial charge in [-0.2, -0.15) is 0 Å². The third-order valence-electron chi connectivity index (χ3n) is 2.49. The molecule has 0 unspecified atom stereocenters. The molecule has 1 aromatic heterocycles. The highest BCUT2D eigenvalue weighted by Crippen LogP contribution is 2.22. The Kier molecular flexibility index (Phi) is 3.36. The third kappa shape index (κ3) is 2.37. The lowest BCUT2D eigenvalue weighted by molar-refractivity contribution is 0.157. The number of ether oxygens (including phenoxy) is 1. The van der Waals surface area contributed by atoms with Crippen molar-refractivity contribution in [2.24, 2.45) is 5.73 Å². The van der Waals surface area contributed by atoms with Crippen molar-refractivity contribution in [2.75, 3.05) is 6.61 Å². The van der Waals surface area contributed by atoms with Crippen LogP contribution in [0.4, 0.5) is 13.6 Å². The van der Waals surface area contributed by atoms with E-state index < -0.39 is 17.7 Å². The molecule has 2 N–H and O–H groups in total. The number of pyridine rings is 1. The molecular formula is C12H10F2N2O2. The largest absolute Gasteiger partial charge is 0.449 e. The molecule has 4 nitrogen and oxygen atoms in total. The number of hydrogen-bond acceptors (Lipinski definition) is 3. The molecule has 1 amide bonds. The number of primary amides is 1. The zero-order valence-electron chi connectivity index (χ0n) is 9.32. The molecule has 0 fully saturated rings. The first-order chi connectivity index (χ1) is 8.59. The Morgan fingerprint density at radius 2 is 2.22 bits per heavy atom. The van der Waals surface area contributed by atoms with Gasteiger partial charge >= 0.3 is 6.09 Å². The van der Waals surface area contributed by atoms with Crippen molar-refractivity contribution in [3.8, 4) is 0 Å². The monoisotopic (exact) mass is 252 g/mol. The van der Waals surface area contributed by atoms with Crippen LogP contribution in [0.5, 0.6) is 0 Å². The number of halogens is 2. The van der Waals surface area contributed by atoms with E-state index in [4.69, 9.17) is 5.73 Å². The summed E-state index contributed by atoms with van der Waals surface area (Å²) >= 11 is 0. The molecule has 94 valence electrons. The van der Waals surface area contributed by atoms with Gasteiger partial charge in [0.2, 0.25) is 0 Å². The number of carbonyl (C=O) groups is 1. The average molecular weight is 252 g/mol. The second kappa shape index (κ2) is 4.95. The van der Waals surface area contributed by atoms with Crippen LogP contribution in [-0.4, -0.2) is 17.7 Å². The van der Waals surface area contributed by atoms with E-state index in [0.717, 1.165) is 6.07 Å². The normalized spacial score (nSPS) is 10.6.